The Morgan fingerprint density at radius 2 is 2.35 bits per heavy atom. The van der Waals surface area contributed by atoms with Crippen LogP contribution in [0.1, 0.15) is 12.0 Å². The molecule has 0 aliphatic carbocycles. The summed E-state index contributed by atoms with van der Waals surface area (Å²) in [4.78, 5) is 23.3. The summed E-state index contributed by atoms with van der Waals surface area (Å²) in [5, 5.41) is 2.81. The Kier molecular flexibility index (Phi) is 3.68. The molecular formula is C12H13NO3S. The molecule has 1 aromatic rings. The summed E-state index contributed by atoms with van der Waals surface area (Å²) in [5.41, 5.74) is 1.94. The minimum absolute atomic E-state index is 0.0322. The Labute approximate surface area is 104 Å². The zero-order valence-corrected chi connectivity index (χ0v) is 10.3. The number of aryl methyl sites for hydroxylation is 1. The predicted molar refractivity (Wildman–Crippen MR) is 66.1 cm³/mol. The van der Waals surface area contributed by atoms with E-state index in [0.717, 1.165) is 16.1 Å². The van der Waals surface area contributed by atoms with E-state index < -0.39 is 0 Å². The van der Waals surface area contributed by atoms with Crippen LogP contribution in [0.3, 0.4) is 0 Å². The van der Waals surface area contributed by atoms with Crippen LogP contribution < -0.4 is 5.32 Å². The summed E-state index contributed by atoms with van der Waals surface area (Å²) in [5.74, 6) is 0.279. The summed E-state index contributed by atoms with van der Waals surface area (Å²) < 4.78 is 4.60. The van der Waals surface area contributed by atoms with Crippen molar-refractivity contribution in [2.45, 2.75) is 17.7 Å². The zero-order valence-electron chi connectivity index (χ0n) is 9.49. The maximum Gasteiger partial charge on any atom is 0.305 e. The van der Waals surface area contributed by atoms with Crippen LogP contribution in [0.4, 0.5) is 5.69 Å². The fraction of sp³-hybridized carbons (Fsp3) is 0.333. The first-order valence-electron chi connectivity index (χ1n) is 5.31. The van der Waals surface area contributed by atoms with Crippen molar-refractivity contribution in [2.24, 2.45) is 0 Å². The number of esters is 1. The van der Waals surface area contributed by atoms with Gasteiger partial charge in [0, 0.05) is 11.3 Å². The molecule has 1 aromatic carbocycles. The molecule has 0 saturated carbocycles. The number of methoxy groups -OCH3 is 1. The third-order valence-corrected chi connectivity index (χ3v) is 3.58. The molecule has 0 saturated heterocycles. The van der Waals surface area contributed by atoms with Crippen molar-refractivity contribution in [2.75, 3.05) is 18.2 Å². The Balaban J connectivity index is 2.06. The van der Waals surface area contributed by atoms with Crippen LogP contribution in [-0.2, 0) is 20.7 Å². The van der Waals surface area contributed by atoms with Gasteiger partial charge in [0.25, 0.3) is 0 Å². The number of anilines is 1. The van der Waals surface area contributed by atoms with Crippen LogP contribution in [0.25, 0.3) is 0 Å². The maximum atomic E-state index is 11.2. The fourth-order valence-corrected chi connectivity index (χ4v) is 2.49. The lowest BCUT2D eigenvalue weighted by Crippen LogP contribution is -2.18. The molecule has 0 bridgehead atoms. The Hall–Kier alpha value is -1.49. The molecule has 1 aliphatic rings. The van der Waals surface area contributed by atoms with E-state index in [4.69, 9.17) is 0 Å². The van der Waals surface area contributed by atoms with Crippen LogP contribution >= 0.6 is 11.8 Å². The number of carbonyl (C=O) groups excluding carboxylic acids is 2. The van der Waals surface area contributed by atoms with Gasteiger partial charge in [0.1, 0.15) is 0 Å². The molecule has 1 N–H and O–H groups in total. The monoisotopic (exact) mass is 251 g/mol. The molecule has 0 radical (unpaired) electrons. The summed E-state index contributed by atoms with van der Waals surface area (Å²) in [7, 11) is 1.39. The van der Waals surface area contributed by atoms with E-state index >= 15 is 0 Å². The molecule has 1 aliphatic heterocycles. The van der Waals surface area contributed by atoms with E-state index in [1.165, 1.54) is 18.9 Å². The molecule has 0 aromatic heterocycles. The molecule has 0 atom stereocenters. The largest absolute Gasteiger partial charge is 0.469 e. The van der Waals surface area contributed by atoms with Crippen LogP contribution in [-0.4, -0.2) is 24.7 Å². The molecule has 0 unspecified atom stereocenters. The number of hydrogen-bond donors (Lipinski definition) is 1. The van der Waals surface area contributed by atoms with E-state index in [1.807, 2.05) is 18.2 Å². The van der Waals surface area contributed by atoms with Crippen LogP contribution in [0.15, 0.2) is 23.1 Å². The van der Waals surface area contributed by atoms with Crippen LogP contribution in [0, 0.1) is 0 Å². The van der Waals surface area contributed by atoms with Gasteiger partial charge in [-0.25, -0.2) is 0 Å². The van der Waals surface area contributed by atoms with E-state index in [-0.39, 0.29) is 11.9 Å². The van der Waals surface area contributed by atoms with Crippen molar-refractivity contribution >= 4 is 29.3 Å². The normalized spacial score (nSPS) is 13.8. The van der Waals surface area contributed by atoms with Crippen molar-refractivity contribution in [3.8, 4) is 0 Å². The Bertz CT molecular complexity index is 459. The first-order chi connectivity index (χ1) is 8.19. The summed E-state index contributed by atoms with van der Waals surface area (Å²) in [6.07, 6.45) is 1.04. The van der Waals surface area contributed by atoms with Crippen molar-refractivity contribution in [3.63, 3.8) is 0 Å². The zero-order chi connectivity index (χ0) is 12.3. The lowest BCUT2D eigenvalue weighted by atomic mass is 10.1. The van der Waals surface area contributed by atoms with Gasteiger partial charge in [-0.2, -0.15) is 0 Å². The molecule has 1 amide bonds. The standard InChI is InChI=1S/C12H13NO3S/c1-16-12(15)5-3-8-2-4-9-10(6-8)17-7-11(14)13-9/h2,4,6H,3,5,7H2,1H3,(H,13,14). The average molecular weight is 251 g/mol. The Morgan fingerprint density at radius 3 is 3.12 bits per heavy atom. The second-order valence-electron chi connectivity index (χ2n) is 3.74. The number of hydrogen-bond acceptors (Lipinski definition) is 4. The van der Waals surface area contributed by atoms with Gasteiger partial charge in [0.05, 0.1) is 18.6 Å². The third kappa shape index (κ3) is 3.00. The SMILES string of the molecule is COC(=O)CCc1ccc2c(c1)SCC(=O)N2. The molecule has 17 heavy (non-hydrogen) atoms. The van der Waals surface area contributed by atoms with Gasteiger partial charge in [-0.1, -0.05) is 6.07 Å². The summed E-state index contributed by atoms with van der Waals surface area (Å²) in [6.45, 7) is 0. The van der Waals surface area contributed by atoms with Gasteiger partial charge < -0.3 is 10.1 Å². The average Bonchev–Trinajstić information content (AvgIpc) is 2.35. The molecular weight excluding hydrogens is 238 g/mol. The first-order valence-corrected chi connectivity index (χ1v) is 6.30. The van der Waals surface area contributed by atoms with Crippen LogP contribution in [0.5, 0.6) is 0 Å². The lowest BCUT2D eigenvalue weighted by Gasteiger charge is -2.16. The molecule has 4 nitrogen and oxygen atoms in total. The highest BCUT2D eigenvalue weighted by atomic mass is 32.2. The van der Waals surface area contributed by atoms with Gasteiger partial charge in [0.15, 0.2) is 0 Å². The van der Waals surface area contributed by atoms with Gasteiger partial charge in [-0.3, -0.25) is 9.59 Å². The Morgan fingerprint density at radius 1 is 1.53 bits per heavy atom. The first kappa shape index (κ1) is 12.0. The van der Waals surface area contributed by atoms with Gasteiger partial charge in [-0.15, -0.1) is 11.8 Å². The highest BCUT2D eigenvalue weighted by Crippen LogP contribution is 2.32. The smallest absolute Gasteiger partial charge is 0.305 e. The number of thioether (sulfide) groups is 1. The van der Waals surface area contributed by atoms with Gasteiger partial charge in [-0.05, 0) is 24.1 Å². The van der Waals surface area contributed by atoms with Crippen molar-refractivity contribution in [1.29, 1.82) is 0 Å². The number of benzene rings is 1. The van der Waals surface area contributed by atoms with E-state index in [2.05, 4.69) is 10.1 Å². The van der Waals surface area contributed by atoms with E-state index in [1.54, 1.807) is 0 Å². The van der Waals surface area contributed by atoms with Crippen molar-refractivity contribution in [1.82, 2.24) is 0 Å². The van der Waals surface area contributed by atoms with E-state index in [9.17, 15) is 9.59 Å². The van der Waals surface area contributed by atoms with Crippen molar-refractivity contribution in [3.05, 3.63) is 23.8 Å². The minimum Gasteiger partial charge on any atom is -0.469 e. The van der Waals surface area contributed by atoms with Gasteiger partial charge >= 0.3 is 5.97 Å². The maximum absolute atomic E-state index is 11.2. The number of nitrogens with one attached hydrogen (secondary N) is 1. The van der Waals surface area contributed by atoms with E-state index in [0.29, 0.717) is 18.6 Å². The molecule has 90 valence electrons. The number of carbonyl (C=O) groups is 2. The molecule has 0 spiro atoms. The highest BCUT2D eigenvalue weighted by molar-refractivity contribution is 8.00. The number of rotatable bonds is 3. The number of ether oxygens (including phenoxy) is 1. The second-order valence-corrected chi connectivity index (χ2v) is 4.76. The predicted octanol–water partition coefficient (Wildman–Crippen LogP) is 1.84. The fourth-order valence-electron chi connectivity index (χ4n) is 1.62. The topological polar surface area (TPSA) is 55.4 Å². The quantitative estimate of drug-likeness (QED) is 0.833. The molecule has 2 rings (SSSR count). The third-order valence-electron chi connectivity index (χ3n) is 2.52. The summed E-state index contributed by atoms with van der Waals surface area (Å²) in [6, 6.07) is 5.82. The van der Waals surface area contributed by atoms with Crippen LogP contribution in [0.2, 0.25) is 0 Å². The van der Waals surface area contributed by atoms with Gasteiger partial charge in [0.2, 0.25) is 5.91 Å². The second kappa shape index (κ2) is 5.23. The molecule has 5 heteroatoms. The lowest BCUT2D eigenvalue weighted by molar-refractivity contribution is -0.140. The van der Waals surface area contributed by atoms with Crippen molar-refractivity contribution < 1.29 is 14.3 Å². The number of fused-ring (bicyclic) bond motifs is 1. The highest BCUT2D eigenvalue weighted by Gasteiger charge is 2.15. The number of amides is 1. The summed E-state index contributed by atoms with van der Waals surface area (Å²) >= 11 is 1.52. The molecule has 0 fully saturated rings. The molecule has 1 heterocycles. The minimum atomic E-state index is -0.205.